The molecule has 6 amide bonds. The summed E-state index contributed by atoms with van der Waals surface area (Å²) in [4.78, 5) is 143. The monoisotopic (exact) mass is 1290 g/mol. The molecule has 2 aromatic carbocycles. The summed E-state index contributed by atoms with van der Waals surface area (Å²) in [5, 5.41) is 21.2. The number of benzene rings is 2. The number of nitrogens with zero attached hydrogens (tertiary/aromatic N) is 7. The zero-order valence-corrected chi connectivity index (χ0v) is 52.5. The van der Waals surface area contributed by atoms with Gasteiger partial charge < -0.3 is 55.1 Å². The Morgan fingerprint density at radius 1 is 0.783 bits per heavy atom. The number of hydrogen-bond acceptors (Lipinski definition) is 19. The van der Waals surface area contributed by atoms with E-state index < -0.39 is 91.5 Å². The molecular formula is C64H87F2N11O15. The largest absolute Gasteiger partial charge is 0.494 e. The van der Waals surface area contributed by atoms with Gasteiger partial charge in [-0.2, -0.15) is 0 Å². The Morgan fingerprint density at radius 3 is 2.07 bits per heavy atom. The van der Waals surface area contributed by atoms with Gasteiger partial charge in [0.05, 0.1) is 63.4 Å². The van der Waals surface area contributed by atoms with E-state index in [1.807, 2.05) is 41.0 Å². The van der Waals surface area contributed by atoms with Gasteiger partial charge in [-0.15, -0.1) is 6.42 Å². The van der Waals surface area contributed by atoms with Gasteiger partial charge in [0.2, 0.25) is 29.5 Å². The number of carbonyl (C=O) groups is 10. The molecule has 92 heavy (non-hydrogen) atoms. The molecule has 3 aromatic rings. The van der Waals surface area contributed by atoms with Crippen molar-refractivity contribution in [2.45, 2.75) is 108 Å². The van der Waals surface area contributed by atoms with Crippen molar-refractivity contribution in [3.8, 4) is 18.1 Å². The number of methoxy groups -OCH3 is 1. The molecule has 0 radical (unpaired) electrons. The molecule has 5 N–H and O–H groups in total. The van der Waals surface area contributed by atoms with Crippen molar-refractivity contribution in [2.75, 3.05) is 125 Å². The van der Waals surface area contributed by atoms with Crippen molar-refractivity contribution in [3.05, 3.63) is 71.4 Å². The van der Waals surface area contributed by atoms with Crippen LogP contribution in [0.15, 0.2) is 54.7 Å². The molecule has 28 heteroatoms. The van der Waals surface area contributed by atoms with Crippen LogP contribution in [0.2, 0.25) is 0 Å². The number of unbranched alkanes of at least 4 members (excludes halogenated alkanes) is 1. The molecule has 3 aliphatic rings. The number of alkyl halides is 2. The molecule has 3 fully saturated rings. The molecule has 0 bridgehead atoms. The molecule has 3 atom stereocenters. The van der Waals surface area contributed by atoms with Gasteiger partial charge in [-0.25, -0.2) is 8.78 Å². The third kappa shape index (κ3) is 24.7. The number of carboxylic acids is 1. The van der Waals surface area contributed by atoms with E-state index in [0.717, 1.165) is 28.9 Å². The topological polar surface area (TPSA) is 308 Å². The lowest BCUT2D eigenvalue weighted by molar-refractivity contribution is -0.146. The van der Waals surface area contributed by atoms with Gasteiger partial charge in [-0.05, 0) is 94.0 Å². The van der Waals surface area contributed by atoms with Crippen molar-refractivity contribution in [1.82, 2.24) is 55.7 Å². The van der Waals surface area contributed by atoms with Crippen LogP contribution in [-0.2, 0) is 63.8 Å². The molecule has 4 heterocycles. The fourth-order valence-corrected chi connectivity index (χ4v) is 11.3. The third-order valence-corrected chi connectivity index (χ3v) is 16.5. The van der Waals surface area contributed by atoms with Gasteiger partial charge in [0.15, 0.2) is 0 Å². The number of aliphatic carboxylic acids is 1. The molecule has 6 rings (SSSR count). The Labute approximate surface area is 534 Å². The van der Waals surface area contributed by atoms with E-state index in [1.165, 1.54) is 19.4 Å². The normalized spacial score (nSPS) is 17.8. The van der Waals surface area contributed by atoms with Gasteiger partial charge in [0, 0.05) is 96.4 Å². The summed E-state index contributed by atoms with van der Waals surface area (Å²) in [6.45, 7) is 4.10. The molecule has 0 unspecified atom stereocenters. The Balaban J connectivity index is 1.04. The van der Waals surface area contributed by atoms with Gasteiger partial charge in [-0.1, -0.05) is 42.2 Å². The second kappa shape index (κ2) is 37.8. The number of hydrogen-bond donors (Lipinski definition) is 5. The fourth-order valence-electron chi connectivity index (χ4n) is 11.3. The average Bonchev–Trinajstić information content (AvgIpc) is 1.16. The highest BCUT2D eigenvalue weighted by Crippen LogP contribution is 2.32. The number of rotatable bonds is 33. The first-order chi connectivity index (χ1) is 44.3. The number of piperidine rings is 1. The van der Waals surface area contributed by atoms with E-state index in [-0.39, 0.29) is 95.9 Å². The first-order valence-corrected chi connectivity index (χ1v) is 31.2. The lowest BCUT2D eigenvalue weighted by Gasteiger charge is -2.35. The lowest BCUT2D eigenvalue weighted by atomic mass is 9.91. The van der Waals surface area contributed by atoms with Crippen molar-refractivity contribution >= 4 is 71.2 Å². The van der Waals surface area contributed by atoms with E-state index in [0.29, 0.717) is 108 Å². The summed E-state index contributed by atoms with van der Waals surface area (Å²) >= 11 is 0. The first kappa shape index (κ1) is 72.7. The maximum atomic E-state index is 14.5. The zero-order chi connectivity index (χ0) is 66.4. The first-order valence-electron chi connectivity index (χ1n) is 31.2. The third-order valence-electron chi connectivity index (χ3n) is 16.5. The van der Waals surface area contributed by atoms with Crippen LogP contribution in [0.25, 0.3) is 10.9 Å². The van der Waals surface area contributed by atoms with E-state index in [2.05, 4.69) is 32.2 Å². The number of likely N-dealkylation sites (tertiary alicyclic amines) is 2. The van der Waals surface area contributed by atoms with Crippen molar-refractivity contribution in [2.24, 2.45) is 5.92 Å². The van der Waals surface area contributed by atoms with Crippen LogP contribution in [0, 0.1) is 25.2 Å². The molecule has 502 valence electrons. The number of carboxylic acid groups (broad SMARTS) is 1. The Kier molecular flexibility index (Phi) is 29.9. The summed E-state index contributed by atoms with van der Waals surface area (Å²) < 4.78 is 49.1. The summed E-state index contributed by atoms with van der Waals surface area (Å²) in [5.74, 6) is -5.31. The van der Waals surface area contributed by atoms with E-state index in [4.69, 9.17) is 25.4 Å². The number of esters is 1. The number of aryl methyl sites for hydroxylation is 2. The summed E-state index contributed by atoms with van der Waals surface area (Å²) in [7, 11) is 1.17. The molecule has 1 aromatic heterocycles. The van der Waals surface area contributed by atoms with Crippen LogP contribution in [0.4, 0.5) is 8.78 Å². The quantitative estimate of drug-likeness (QED) is 0.0191. The molecule has 0 aliphatic carbocycles. The number of terminal acetylenes is 1. The maximum absolute atomic E-state index is 14.5. The van der Waals surface area contributed by atoms with E-state index in [9.17, 15) is 61.8 Å². The molecular weight excluding hydrogens is 1200 g/mol. The zero-order valence-electron chi connectivity index (χ0n) is 52.5. The van der Waals surface area contributed by atoms with Gasteiger partial charge in [-0.3, -0.25) is 72.5 Å². The SMILES string of the molecule is C#C[C@H]1CC(F)(F)CN1C(=O)CNC(=O)c1ccnc2ccc(OCCCCC3CCN(C(=O)[C@H](CC(=O)OC)NC(=O)[C@H](CCCNC(=O)CCCc4ccc(C)cc4)NC(=O)CN4CCN(COC=O)CCN(COC=O)CCN(CC(=O)O)CC4)CC3)cc12. The highest BCUT2D eigenvalue weighted by Gasteiger charge is 2.46. The Hall–Kier alpha value is -8.39. The molecule has 0 spiro atoms. The van der Waals surface area contributed by atoms with Crippen molar-refractivity contribution in [1.29, 1.82) is 0 Å². The highest BCUT2D eigenvalue weighted by molar-refractivity contribution is 6.07. The maximum Gasteiger partial charge on any atom is 0.317 e. The molecule has 0 saturated carbocycles. The molecule has 3 aliphatic heterocycles. The summed E-state index contributed by atoms with van der Waals surface area (Å²) in [5.41, 5.74) is 2.95. The van der Waals surface area contributed by atoms with Crippen LogP contribution < -0.4 is 26.0 Å². The average molecular weight is 1290 g/mol. The number of aromatic nitrogens is 1. The second-order valence-electron chi connectivity index (χ2n) is 23.4. The van der Waals surface area contributed by atoms with Gasteiger partial charge >= 0.3 is 11.9 Å². The highest BCUT2D eigenvalue weighted by atomic mass is 19.3. The Bertz CT molecular complexity index is 3000. The van der Waals surface area contributed by atoms with Gasteiger partial charge in [0.25, 0.3) is 24.8 Å². The minimum absolute atomic E-state index is 0.0264. The summed E-state index contributed by atoms with van der Waals surface area (Å²) in [6, 6.07) is 11.0. The number of ether oxygens (including phenoxy) is 4. The van der Waals surface area contributed by atoms with Crippen LogP contribution in [-0.4, -0.2) is 249 Å². The standard InChI is InChI=1S/C64H87F2N11O15/c1-4-49-37-64(65,66)41-77(49)58(82)38-69-61(86)51-19-23-67-53-18-17-50(35-52(51)53)92-34-6-5-9-48-20-24-76(25-21-48)63(88)55(36-60(85)89-3)71-62(87)54(11-8-22-68-56(80)12-7-10-47-15-13-46(2)14-16-47)70-57(81)39-72-26-27-73(40-59(83)84)29-31-75(43-91-45-79)33-32-74(30-28-72)42-90-44-78/h1,13-19,23,35,44-45,48-49,54-55H,5-12,20-22,24-34,36-43H2,2-3H3,(H,68,80)(H,69,86)(H,70,81)(H,71,87)(H,83,84)/t49-,54-,55-/m0/s1. The fraction of sp³-hybridized carbons (Fsp3) is 0.578. The van der Waals surface area contributed by atoms with E-state index >= 15 is 0 Å². The number of nitrogens with one attached hydrogen (secondary N) is 4. The predicted octanol–water partition coefficient (Wildman–Crippen LogP) is 1.95. The minimum Gasteiger partial charge on any atom is -0.494 e. The van der Waals surface area contributed by atoms with Crippen LogP contribution in [0.5, 0.6) is 5.75 Å². The van der Waals surface area contributed by atoms with Crippen LogP contribution >= 0.6 is 0 Å². The predicted molar refractivity (Wildman–Crippen MR) is 331 cm³/mol. The number of fused-ring (bicyclic) bond motifs is 1. The summed E-state index contributed by atoms with van der Waals surface area (Å²) in [6.07, 6.45) is 11.1. The van der Waals surface area contributed by atoms with Crippen molar-refractivity contribution in [3.63, 3.8) is 0 Å². The lowest BCUT2D eigenvalue weighted by Crippen LogP contribution is -2.57. The van der Waals surface area contributed by atoms with Crippen molar-refractivity contribution < 1.29 is 80.8 Å². The number of halogens is 2. The van der Waals surface area contributed by atoms with E-state index in [1.54, 1.807) is 32.9 Å². The van der Waals surface area contributed by atoms with Crippen LogP contribution in [0.1, 0.15) is 92.1 Å². The van der Waals surface area contributed by atoms with Gasteiger partial charge in [0.1, 0.15) is 31.3 Å². The number of carbonyl (C=O) groups excluding carboxylic acids is 9. The van der Waals surface area contributed by atoms with Crippen LogP contribution in [0.3, 0.4) is 0 Å². The number of amides is 6. The smallest absolute Gasteiger partial charge is 0.317 e. The minimum atomic E-state index is -3.12. The molecule has 3 saturated heterocycles. The Morgan fingerprint density at radius 2 is 1.43 bits per heavy atom. The number of pyridine rings is 1. The second-order valence-corrected chi connectivity index (χ2v) is 23.4. The molecule has 26 nitrogen and oxygen atoms in total.